The molecule has 5 nitrogen and oxygen atoms in total. The standard InChI is InChI=1S/C17H19ClN2O3/c18-13-4-1-11-7-8-20(15(11)9-13)10-16(21)19-14-5-2-12(3-6-14)17(22)23/h1,4,7-9,12,14H,2-3,5-6,10H2,(H,19,21)(H,22,23). The third-order valence-electron chi connectivity index (χ3n) is 4.49. The topological polar surface area (TPSA) is 71.3 Å². The molecule has 122 valence electrons. The Morgan fingerprint density at radius 3 is 2.65 bits per heavy atom. The highest BCUT2D eigenvalue weighted by molar-refractivity contribution is 6.31. The Kier molecular flexibility index (Phi) is 4.57. The largest absolute Gasteiger partial charge is 0.481 e. The number of nitrogens with zero attached hydrogens (tertiary/aromatic N) is 1. The summed E-state index contributed by atoms with van der Waals surface area (Å²) in [4.78, 5) is 23.2. The predicted molar refractivity (Wildman–Crippen MR) is 88.5 cm³/mol. The van der Waals surface area contributed by atoms with Crippen LogP contribution in [0.4, 0.5) is 0 Å². The van der Waals surface area contributed by atoms with Gasteiger partial charge in [0.1, 0.15) is 6.54 Å². The lowest BCUT2D eigenvalue weighted by Gasteiger charge is -2.26. The summed E-state index contributed by atoms with van der Waals surface area (Å²) in [5.41, 5.74) is 0.933. The van der Waals surface area contributed by atoms with E-state index in [-0.39, 0.29) is 24.4 Å². The molecule has 1 aromatic carbocycles. The third kappa shape index (κ3) is 3.67. The molecule has 0 spiro atoms. The van der Waals surface area contributed by atoms with Crippen molar-refractivity contribution in [2.24, 2.45) is 5.92 Å². The second-order valence-electron chi connectivity index (χ2n) is 6.10. The van der Waals surface area contributed by atoms with Crippen LogP contribution in [0.3, 0.4) is 0 Å². The van der Waals surface area contributed by atoms with E-state index in [9.17, 15) is 9.59 Å². The number of nitrogens with one attached hydrogen (secondary N) is 1. The van der Waals surface area contributed by atoms with Crippen LogP contribution < -0.4 is 5.32 Å². The van der Waals surface area contributed by atoms with E-state index in [1.54, 1.807) is 0 Å². The first kappa shape index (κ1) is 15.9. The Bertz CT molecular complexity index is 733. The molecule has 0 unspecified atom stereocenters. The number of carbonyl (C=O) groups excluding carboxylic acids is 1. The van der Waals surface area contributed by atoms with E-state index in [4.69, 9.17) is 16.7 Å². The maximum absolute atomic E-state index is 12.2. The van der Waals surface area contributed by atoms with Gasteiger partial charge >= 0.3 is 5.97 Å². The van der Waals surface area contributed by atoms with Crippen molar-refractivity contribution >= 4 is 34.4 Å². The Labute approximate surface area is 139 Å². The summed E-state index contributed by atoms with van der Waals surface area (Å²) in [5, 5.41) is 13.7. The lowest BCUT2D eigenvalue weighted by atomic mass is 9.86. The van der Waals surface area contributed by atoms with Crippen molar-refractivity contribution in [3.8, 4) is 0 Å². The summed E-state index contributed by atoms with van der Waals surface area (Å²) in [7, 11) is 0. The molecule has 1 fully saturated rings. The van der Waals surface area contributed by atoms with Crippen LogP contribution in [0, 0.1) is 5.92 Å². The maximum atomic E-state index is 12.2. The van der Waals surface area contributed by atoms with E-state index in [0.29, 0.717) is 17.9 Å². The number of amides is 1. The average Bonchev–Trinajstić information content (AvgIpc) is 2.90. The molecule has 1 heterocycles. The number of carboxylic acids is 1. The molecule has 2 N–H and O–H groups in total. The minimum atomic E-state index is -0.731. The quantitative estimate of drug-likeness (QED) is 0.902. The third-order valence-corrected chi connectivity index (χ3v) is 4.73. The lowest BCUT2D eigenvalue weighted by Crippen LogP contribution is -2.40. The van der Waals surface area contributed by atoms with Crippen LogP contribution in [0.5, 0.6) is 0 Å². The minimum Gasteiger partial charge on any atom is -0.481 e. The predicted octanol–water partition coefficient (Wildman–Crippen LogP) is 3.05. The molecule has 1 aliphatic carbocycles. The van der Waals surface area contributed by atoms with Gasteiger partial charge < -0.3 is 15.0 Å². The maximum Gasteiger partial charge on any atom is 0.306 e. The van der Waals surface area contributed by atoms with Crippen LogP contribution in [-0.4, -0.2) is 27.6 Å². The summed E-state index contributed by atoms with van der Waals surface area (Å²) < 4.78 is 1.87. The molecule has 1 aliphatic rings. The number of carbonyl (C=O) groups is 2. The van der Waals surface area contributed by atoms with Gasteiger partial charge in [-0.2, -0.15) is 0 Å². The normalized spacial score (nSPS) is 21.3. The minimum absolute atomic E-state index is 0.0544. The smallest absolute Gasteiger partial charge is 0.306 e. The molecular formula is C17H19ClN2O3. The summed E-state index contributed by atoms with van der Waals surface area (Å²) in [6.45, 7) is 0.239. The second kappa shape index (κ2) is 6.62. The van der Waals surface area contributed by atoms with Gasteiger partial charge in [0.2, 0.25) is 5.91 Å². The van der Waals surface area contributed by atoms with Crippen LogP contribution >= 0.6 is 11.6 Å². The fourth-order valence-corrected chi connectivity index (χ4v) is 3.37. The van der Waals surface area contributed by atoms with Gasteiger partial charge in [0, 0.05) is 22.8 Å². The van der Waals surface area contributed by atoms with Gasteiger partial charge in [-0.25, -0.2) is 0 Å². The highest BCUT2D eigenvalue weighted by atomic mass is 35.5. The van der Waals surface area contributed by atoms with Crippen LogP contribution in [0.1, 0.15) is 25.7 Å². The number of carboxylic acid groups (broad SMARTS) is 1. The summed E-state index contributed by atoms with van der Waals surface area (Å²) in [6, 6.07) is 7.64. The van der Waals surface area contributed by atoms with E-state index in [1.807, 2.05) is 35.0 Å². The van der Waals surface area contributed by atoms with Crippen LogP contribution in [-0.2, 0) is 16.1 Å². The molecule has 0 saturated heterocycles. The van der Waals surface area contributed by atoms with Crippen molar-refractivity contribution < 1.29 is 14.7 Å². The van der Waals surface area contributed by atoms with Gasteiger partial charge in [-0.3, -0.25) is 9.59 Å². The molecule has 23 heavy (non-hydrogen) atoms. The Balaban J connectivity index is 1.59. The average molecular weight is 335 g/mol. The first-order chi connectivity index (χ1) is 11.0. The van der Waals surface area contributed by atoms with Crippen molar-refractivity contribution in [1.29, 1.82) is 0 Å². The van der Waals surface area contributed by atoms with Gasteiger partial charge in [-0.1, -0.05) is 17.7 Å². The van der Waals surface area contributed by atoms with Crippen molar-refractivity contribution in [3.05, 3.63) is 35.5 Å². The number of fused-ring (bicyclic) bond motifs is 1. The number of aliphatic carboxylic acids is 1. The Morgan fingerprint density at radius 1 is 1.22 bits per heavy atom. The molecule has 1 saturated carbocycles. The zero-order valence-electron chi connectivity index (χ0n) is 12.7. The van der Waals surface area contributed by atoms with E-state index >= 15 is 0 Å². The van der Waals surface area contributed by atoms with Gasteiger partial charge in [0.05, 0.1) is 5.92 Å². The molecular weight excluding hydrogens is 316 g/mol. The van der Waals surface area contributed by atoms with Crippen molar-refractivity contribution in [2.75, 3.05) is 0 Å². The number of benzene rings is 1. The molecule has 2 aromatic rings. The van der Waals surface area contributed by atoms with E-state index in [2.05, 4.69) is 5.32 Å². The molecule has 0 atom stereocenters. The number of halogens is 1. The van der Waals surface area contributed by atoms with Gasteiger partial charge in [0.15, 0.2) is 0 Å². The summed E-state index contributed by atoms with van der Waals surface area (Å²) in [6.07, 6.45) is 4.58. The van der Waals surface area contributed by atoms with Crippen molar-refractivity contribution in [1.82, 2.24) is 9.88 Å². The van der Waals surface area contributed by atoms with Crippen LogP contribution in [0.25, 0.3) is 10.9 Å². The fourth-order valence-electron chi connectivity index (χ4n) is 3.21. The van der Waals surface area contributed by atoms with Crippen LogP contribution in [0.2, 0.25) is 5.02 Å². The van der Waals surface area contributed by atoms with Crippen molar-refractivity contribution in [3.63, 3.8) is 0 Å². The first-order valence-corrected chi connectivity index (χ1v) is 8.17. The first-order valence-electron chi connectivity index (χ1n) is 7.79. The van der Waals surface area contributed by atoms with E-state index in [1.165, 1.54) is 0 Å². The number of hydrogen-bond acceptors (Lipinski definition) is 2. The zero-order valence-corrected chi connectivity index (χ0v) is 13.4. The molecule has 3 rings (SSSR count). The zero-order chi connectivity index (χ0) is 16.4. The summed E-state index contributed by atoms with van der Waals surface area (Å²) >= 11 is 6.02. The highest BCUT2D eigenvalue weighted by Crippen LogP contribution is 2.24. The Hall–Kier alpha value is -2.01. The van der Waals surface area contributed by atoms with Gasteiger partial charge in [-0.05, 0) is 49.3 Å². The number of rotatable bonds is 4. The Morgan fingerprint density at radius 2 is 1.96 bits per heavy atom. The molecule has 0 aliphatic heterocycles. The van der Waals surface area contributed by atoms with Gasteiger partial charge in [-0.15, -0.1) is 0 Å². The molecule has 0 radical (unpaired) electrons. The highest BCUT2D eigenvalue weighted by Gasteiger charge is 2.26. The lowest BCUT2D eigenvalue weighted by molar-refractivity contribution is -0.142. The fraction of sp³-hybridized carbons (Fsp3) is 0.412. The van der Waals surface area contributed by atoms with E-state index < -0.39 is 5.97 Å². The van der Waals surface area contributed by atoms with Crippen molar-refractivity contribution in [2.45, 2.75) is 38.3 Å². The molecule has 1 aromatic heterocycles. The SMILES string of the molecule is O=C(Cn1ccc2ccc(Cl)cc21)NC1CCC(C(=O)O)CC1. The molecule has 0 bridgehead atoms. The van der Waals surface area contributed by atoms with Gasteiger partial charge in [0.25, 0.3) is 0 Å². The van der Waals surface area contributed by atoms with Crippen LogP contribution in [0.15, 0.2) is 30.5 Å². The monoisotopic (exact) mass is 334 g/mol. The molecule has 1 amide bonds. The second-order valence-corrected chi connectivity index (χ2v) is 6.54. The molecule has 6 heteroatoms. The number of hydrogen-bond donors (Lipinski definition) is 2. The van der Waals surface area contributed by atoms with E-state index in [0.717, 1.165) is 23.7 Å². The number of aromatic nitrogens is 1. The summed E-state index contributed by atoms with van der Waals surface area (Å²) in [5.74, 6) is -1.05.